The highest BCUT2D eigenvalue weighted by Gasteiger charge is 2.27. The Balaban J connectivity index is 2.20. The second-order valence-electron chi connectivity index (χ2n) is 9.01. The van der Waals surface area contributed by atoms with Gasteiger partial charge in [-0.2, -0.15) is 0 Å². The first kappa shape index (κ1) is 29.6. The second kappa shape index (κ2) is 13.1. The maximum absolute atomic E-state index is 13.4. The van der Waals surface area contributed by atoms with Crippen LogP contribution < -0.4 is 9.62 Å². The van der Waals surface area contributed by atoms with E-state index < -0.39 is 21.9 Å². The molecule has 0 fully saturated rings. The van der Waals surface area contributed by atoms with Gasteiger partial charge in [0, 0.05) is 30.6 Å². The molecular weight excluding hydrogens is 505 g/mol. The van der Waals surface area contributed by atoms with Crippen molar-refractivity contribution in [2.45, 2.75) is 65.6 Å². The van der Waals surface area contributed by atoms with Crippen LogP contribution in [0.1, 0.15) is 51.2 Å². The highest BCUT2D eigenvalue weighted by molar-refractivity contribution is 7.92. The summed E-state index contributed by atoms with van der Waals surface area (Å²) in [6, 6.07) is 9.95. The van der Waals surface area contributed by atoms with Crippen molar-refractivity contribution in [2.75, 3.05) is 17.1 Å². The highest BCUT2D eigenvalue weighted by atomic mass is 35.5. The summed E-state index contributed by atoms with van der Waals surface area (Å²) in [6.07, 6.45) is 2.11. The monoisotopic (exact) mass is 539 g/mol. The zero-order chi connectivity index (χ0) is 27.0. The van der Waals surface area contributed by atoms with Crippen molar-refractivity contribution in [3.05, 3.63) is 64.4 Å². The molecule has 0 aromatic heterocycles. The fourth-order valence-electron chi connectivity index (χ4n) is 3.67. The third-order valence-electron chi connectivity index (χ3n) is 6.03. The molecule has 2 atom stereocenters. The van der Waals surface area contributed by atoms with Gasteiger partial charge in [-0.1, -0.05) is 36.7 Å². The first-order valence-corrected chi connectivity index (χ1v) is 14.1. The molecule has 0 spiro atoms. The third-order valence-corrected chi connectivity index (χ3v) is 7.44. The van der Waals surface area contributed by atoms with Gasteiger partial charge in [0.15, 0.2) is 0 Å². The van der Waals surface area contributed by atoms with Gasteiger partial charge >= 0.3 is 0 Å². The van der Waals surface area contributed by atoms with E-state index in [0.717, 1.165) is 18.2 Å². The van der Waals surface area contributed by atoms with Gasteiger partial charge in [-0.3, -0.25) is 13.9 Å². The van der Waals surface area contributed by atoms with Gasteiger partial charge in [0.25, 0.3) is 0 Å². The van der Waals surface area contributed by atoms with Gasteiger partial charge in [-0.15, -0.1) is 0 Å². The number of hydrogen-bond acceptors (Lipinski definition) is 4. The molecule has 0 heterocycles. The Hall–Kier alpha value is -2.65. The Bertz CT molecular complexity index is 1160. The van der Waals surface area contributed by atoms with E-state index in [0.29, 0.717) is 16.3 Å². The van der Waals surface area contributed by atoms with Crippen LogP contribution in [0.2, 0.25) is 5.02 Å². The molecule has 0 aliphatic rings. The van der Waals surface area contributed by atoms with E-state index in [1.807, 2.05) is 13.8 Å². The predicted octanol–water partition coefficient (Wildman–Crippen LogP) is 4.67. The molecule has 2 rings (SSSR count). The van der Waals surface area contributed by atoms with E-state index in [-0.39, 0.29) is 43.8 Å². The van der Waals surface area contributed by atoms with Gasteiger partial charge in [-0.25, -0.2) is 12.8 Å². The number of anilines is 1. The van der Waals surface area contributed by atoms with Crippen LogP contribution in [0.25, 0.3) is 0 Å². The molecule has 2 amide bonds. The van der Waals surface area contributed by atoms with Crippen molar-refractivity contribution in [1.82, 2.24) is 10.2 Å². The van der Waals surface area contributed by atoms with E-state index in [9.17, 15) is 22.4 Å². The van der Waals surface area contributed by atoms with Crippen LogP contribution in [0.15, 0.2) is 42.5 Å². The zero-order valence-corrected chi connectivity index (χ0v) is 23.0. The van der Waals surface area contributed by atoms with Gasteiger partial charge < -0.3 is 10.2 Å². The molecule has 0 bridgehead atoms. The highest BCUT2D eigenvalue weighted by Crippen LogP contribution is 2.27. The summed E-state index contributed by atoms with van der Waals surface area (Å²) >= 11 is 6.09. The summed E-state index contributed by atoms with van der Waals surface area (Å²) in [5.74, 6) is -0.981. The molecule has 1 N–H and O–H groups in total. The Kier molecular flexibility index (Phi) is 10.7. The molecule has 0 radical (unpaired) electrons. The number of sulfonamides is 1. The lowest BCUT2D eigenvalue weighted by Gasteiger charge is -2.30. The summed E-state index contributed by atoms with van der Waals surface area (Å²) in [5.41, 5.74) is 1.88. The van der Waals surface area contributed by atoms with Crippen LogP contribution in [0.3, 0.4) is 0 Å². The fourth-order valence-corrected chi connectivity index (χ4v) is 4.85. The van der Waals surface area contributed by atoms with Crippen LogP contribution in [0.4, 0.5) is 10.1 Å². The number of nitrogens with one attached hydrogen (secondary N) is 1. The van der Waals surface area contributed by atoms with Crippen molar-refractivity contribution >= 4 is 39.1 Å². The lowest BCUT2D eigenvalue weighted by molar-refractivity contribution is -0.140. The van der Waals surface area contributed by atoms with E-state index in [1.165, 1.54) is 21.3 Å². The predicted molar refractivity (Wildman–Crippen MR) is 142 cm³/mol. The number of nitrogens with zero attached hydrogens (tertiary/aromatic N) is 2. The van der Waals surface area contributed by atoms with E-state index in [1.54, 1.807) is 44.2 Å². The Morgan fingerprint density at radius 2 is 1.75 bits per heavy atom. The van der Waals surface area contributed by atoms with Gasteiger partial charge in [0.2, 0.25) is 21.8 Å². The van der Waals surface area contributed by atoms with Crippen LogP contribution in [-0.4, -0.2) is 50.0 Å². The summed E-state index contributed by atoms with van der Waals surface area (Å²) < 4.78 is 39.6. The Morgan fingerprint density at radius 1 is 1.11 bits per heavy atom. The van der Waals surface area contributed by atoms with Crippen LogP contribution >= 0.6 is 11.6 Å². The summed E-state index contributed by atoms with van der Waals surface area (Å²) in [5, 5.41) is 3.30. The number of amides is 2. The maximum atomic E-state index is 13.4. The second-order valence-corrected chi connectivity index (χ2v) is 11.4. The van der Waals surface area contributed by atoms with Gasteiger partial charge in [0.05, 0.1) is 11.9 Å². The number of carbonyl (C=O) groups is 2. The number of halogens is 2. The van der Waals surface area contributed by atoms with Crippen LogP contribution in [-0.2, 0) is 26.2 Å². The largest absolute Gasteiger partial charge is 0.352 e. The lowest BCUT2D eigenvalue weighted by Crippen LogP contribution is -2.49. The number of hydrogen-bond donors (Lipinski definition) is 1. The SMILES string of the molecule is CC[C@@H](C)NC(=O)[C@H](C)N(Cc1ccc(F)cc1)C(=O)CCCN(c1cc(Cl)ccc1C)S(C)(=O)=O. The van der Waals surface area contributed by atoms with Crippen molar-refractivity contribution < 1.29 is 22.4 Å². The summed E-state index contributed by atoms with van der Waals surface area (Å²) in [7, 11) is -3.62. The molecule has 2 aromatic rings. The molecule has 7 nitrogen and oxygen atoms in total. The minimum atomic E-state index is -3.62. The molecular formula is C26H35ClFN3O4S. The molecule has 0 saturated carbocycles. The minimum Gasteiger partial charge on any atom is -0.352 e. The fraction of sp³-hybridized carbons (Fsp3) is 0.462. The molecule has 2 aromatic carbocycles. The Labute approximate surface area is 218 Å². The molecule has 198 valence electrons. The average molecular weight is 540 g/mol. The summed E-state index contributed by atoms with van der Waals surface area (Å²) in [6.45, 7) is 7.47. The smallest absolute Gasteiger partial charge is 0.242 e. The van der Waals surface area contributed by atoms with Crippen LogP contribution in [0.5, 0.6) is 0 Å². The molecule has 0 saturated heterocycles. The third kappa shape index (κ3) is 8.48. The van der Waals surface area contributed by atoms with Gasteiger partial charge in [-0.05, 0) is 69.0 Å². The molecule has 0 aliphatic carbocycles. The topological polar surface area (TPSA) is 86.8 Å². The number of benzene rings is 2. The average Bonchev–Trinajstić information content (AvgIpc) is 2.81. The Morgan fingerprint density at radius 3 is 2.33 bits per heavy atom. The van der Waals surface area contributed by atoms with E-state index >= 15 is 0 Å². The van der Waals surface area contributed by atoms with Crippen molar-refractivity contribution in [1.29, 1.82) is 0 Å². The standard InChI is InChI=1S/C26H35ClFN3O4S/c1-6-19(3)29-26(33)20(4)30(17-21-10-13-23(28)14-11-21)25(32)8-7-15-31(36(5,34)35)24-16-22(27)12-9-18(24)2/h9-14,16,19-20H,6-8,15,17H2,1-5H3,(H,29,33)/t19-,20+/m1/s1. The first-order chi connectivity index (χ1) is 16.8. The molecule has 36 heavy (non-hydrogen) atoms. The summed E-state index contributed by atoms with van der Waals surface area (Å²) in [4.78, 5) is 27.5. The number of carbonyl (C=O) groups excluding carboxylic acids is 2. The maximum Gasteiger partial charge on any atom is 0.242 e. The minimum absolute atomic E-state index is 0.0216. The normalized spacial score (nSPS) is 13.1. The van der Waals surface area contributed by atoms with Crippen LogP contribution in [0, 0.1) is 12.7 Å². The van der Waals surface area contributed by atoms with Gasteiger partial charge in [0.1, 0.15) is 11.9 Å². The van der Waals surface area contributed by atoms with E-state index in [4.69, 9.17) is 11.6 Å². The van der Waals surface area contributed by atoms with Crippen molar-refractivity contribution in [3.63, 3.8) is 0 Å². The lowest BCUT2D eigenvalue weighted by atomic mass is 10.1. The quantitative estimate of drug-likeness (QED) is 0.425. The molecule has 0 aliphatic heterocycles. The number of rotatable bonds is 12. The molecule has 0 unspecified atom stereocenters. The zero-order valence-electron chi connectivity index (χ0n) is 21.4. The van der Waals surface area contributed by atoms with Crippen molar-refractivity contribution in [3.8, 4) is 0 Å². The number of aryl methyl sites for hydroxylation is 1. The van der Waals surface area contributed by atoms with Crippen molar-refractivity contribution in [2.24, 2.45) is 0 Å². The first-order valence-electron chi connectivity index (χ1n) is 11.9. The molecule has 10 heteroatoms. The van der Waals surface area contributed by atoms with E-state index in [2.05, 4.69) is 5.32 Å².